The van der Waals surface area contributed by atoms with Crippen molar-refractivity contribution in [3.8, 4) is 0 Å². The molecule has 8 heteroatoms. The number of nitrogens with zero attached hydrogens (tertiary/aromatic N) is 2. The van der Waals surface area contributed by atoms with Gasteiger partial charge >= 0.3 is 6.09 Å². The number of hydrogen-bond donors (Lipinski definition) is 2. The van der Waals surface area contributed by atoms with Crippen molar-refractivity contribution in [3.05, 3.63) is 57.8 Å². The molecule has 164 valence electrons. The van der Waals surface area contributed by atoms with Crippen LogP contribution in [-0.2, 0) is 16.1 Å². The van der Waals surface area contributed by atoms with E-state index in [0.717, 1.165) is 58.3 Å². The predicted molar refractivity (Wildman–Crippen MR) is 129 cm³/mol. The van der Waals surface area contributed by atoms with Gasteiger partial charge in [-0.15, -0.1) is 0 Å². The van der Waals surface area contributed by atoms with Gasteiger partial charge in [0, 0.05) is 30.8 Å². The highest BCUT2D eigenvalue weighted by atomic mass is 127. The largest absolute Gasteiger partial charge is 0.445 e. The van der Waals surface area contributed by atoms with E-state index in [0.29, 0.717) is 6.54 Å². The molecule has 3 aromatic rings. The van der Waals surface area contributed by atoms with Crippen molar-refractivity contribution in [1.82, 2.24) is 15.1 Å². The number of hydrogen-bond acceptors (Lipinski definition) is 5. The van der Waals surface area contributed by atoms with E-state index in [4.69, 9.17) is 14.6 Å². The number of rotatable bonds is 8. The van der Waals surface area contributed by atoms with E-state index >= 15 is 0 Å². The highest BCUT2D eigenvalue weighted by Gasteiger charge is 2.20. The van der Waals surface area contributed by atoms with Gasteiger partial charge in [-0.05, 0) is 72.0 Å². The number of benzene rings is 2. The lowest BCUT2D eigenvalue weighted by atomic mass is 10.2. The Labute approximate surface area is 195 Å². The molecule has 31 heavy (non-hydrogen) atoms. The molecule has 0 saturated carbocycles. The fourth-order valence-corrected chi connectivity index (χ4v) is 4.30. The van der Waals surface area contributed by atoms with E-state index in [2.05, 4.69) is 51.4 Å². The first-order valence-electron chi connectivity index (χ1n) is 10.7. The summed E-state index contributed by atoms with van der Waals surface area (Å²) in [5, 5.41) is 12.0. The monoisotopic (exact) mass is 534 g/mol. The summed E-state index contributed by atoms with van der Waals surface area (Å²) in [6, 6.07) is 16.0. The Hall–Kier alpha value is -2.33. The molecule has 0 aliphatic carbocycles. The molecule has 7 nitrogen and oxygen atoms in total. The topological polar surface area (TPSA) is 77.4 Å². The Bertz CT molecular complexity index is 1000. The van der Waals surface area contributed by atoms with Gasteiger partial charge in [-0.3, -0.25) is 0 Å². The van der Waals surface area contributed by atoms with Gasteiger partial charge in [0.1, 0.15) is 10.3 Å². The Morgan fingerprint density at radius 1 is 1.19 bits per heavy atom. The van der Waals surface area contributed by atoms with Crippen molar-refractivity contribution >= 4 is 45.3 Å². The number of ether oxygens (including phenoxy) is 2. The van der Waals surface area contributed by atoms with Crippen LogP contribution < -0.4 is 10.6 Å². The number of carbonyl (C=O) groups is 1. The van der Waals surface area contributed by atoms with Crippen LogP contribution in [-0.4, -0.2) is 35.6 Å². The van der Waals surface area contributed by atoms with E-state index < -0.39 is 6.09 Å². The molecule has 2 heterocycles. The summed E-state index contributed by atoms with van der Waals surface area (Å²) in [7, 11) is 0. The summed E-state index contributed by atoms with van der Waals surface area (Å²) < 4.78 is 14.1. The fourth-order valence-electron chi connectivity index (χ4n) is 3.64. The van der Waals surface area contributed by atoms with Crippen LogP contribution in [0.2, 0.25) is 0 Å². The van der Waals surface area contributed by atoms with Crippen LogP contribution >= 0.6 is 22.6 Å². The van der Waals surface area contributed by atoms with Gasteiger partial charge in [0.2, 0.25) is 0 Å². The smallest absolute Gasteiger partial charge is 0.407 e. The summed E-state index contributed by atoms with van der Waals surface area (Å²) in [5.74, 6) is 0. The van der Waals surface area contributed by atoms with E-state index in [1.807, 2.05) is 35.0 Å². The van der Waals surface area contributed by atoms with Gasteiger partial charge in [-0.1, -0.05) is 30.3 Å². The summed E-state index contributed by atoms with van der Waals surface area (Å²) in [4.78, 5) is 11.8. The lowest BCUT2D eigenvalue weighted by molar-refractivity contribution is -0.0368. The van der Waals surface area contributed by atoms with Crippen LogP contribution in [0.1, 0.15) is 37.5 Å². The van der Waals surface area contributed by atoms with Gasteiger partial charge in [0.15, 0.2) is 6.23 Å². The number of halogens is 1. The number of carbonyl (C=O) groups excluding carboxylic acids is 1. The van der Waals surface area contributed by atoms with Crippen LogP contribution in [0, 0.1) is 3.70 Å². The zero-order chi connectivity index (χ0) is 21.5. The number of aromatic nitrogens is 2. The molecule has 1 unspecified atom stereocenters. The Morgan fingerprint density at radius 2 is 2.06 bits per heavy atom. The summed E-state index contributed by atoms with van der Waals surface area (Å²) in [5.41, 5.74) is 3.12. The number of alkyl carbamates (subject to hydrolysis) is 1. The van der Waals surface area contributed by atoms with E-state index in [9.17, 15) is 4.79 Å². The van der Waals surface area contributed by atoms with Gasteiger partial charge in [-0.25, -0.2) is 9.48 Å². The van der Waals surface area contributed by atoms with Gasteiger partial charge < -0.3 is 20.1 Å². The van der Waals surface area contributed by atoms with Gasteiger partial charge in [0.05, 0.1) is 5.52 Å². The molecule has 0 radical (unpaired) electrons. The number of anilines is 1. The average molecular weight is 534 g/mol. The maximum absolute atomic E-state index is 11.8. The SMILES string of the molecule is O=C(NCCCNc1ccc2c(c1)c(I)nn2C1CCCCO1)OCc1ccccc1. The minimum atomic E-state index is -0.392. The molecular formula is C23H27IN4O3. The molecule has 2 aromatic carbocycles. The number of fused-ring (bicyclic) bond motifs is 1. The highest BCUT2D eigenvalue weighted by molar-refractivity contribution is 14.1. The van der Waals surface area contributed by atoms with Crippen molar-refractivity contribution < 1.29 is 14.3 Å². The molecule has 1 saturated heterocycles. The number of nitrogens with one attached hydrogen (secondary N) is 2. The molecule has 4 rings (SSSR count). The second kappa shape index (κ2) is 10.8. The zero-order valence-electron chi connectivity index (χ0n) is 17.4. The minimum Gasteiger partial charge on any atom is -0.445 e. The average Bonchev–Trinajstić information content (AvgIpc) is 3.14. The lowest BCUT2D eigenvalue weighted by Crippen LogP contribution is -2.26. The second-order valence-corrected chi connectivity index (χ2v) is 8.58. The second-order valence-electron chi connectivity index (χ2n) is 7.56. The standard InChI is InChI=1S/C23H27IN4O3/c24-22-19-15-18(10-11-20(19)28(27-22)21-9-4-5-14-30-21)25-12-6-13-26-23(29)31-16-17-7-2-1-3-8-17/h1-3,7-8,10-11,15,21,25H,4-6,9,12-14,16H2,(H,26,29). The van der Waals surface area contributed by atoms with Crippen LogP contribution in [0.4, 0.5) is 10.5 Å². The van der Waals surface area contributed by atoms with Crippen molar-refractivity contribution in [2.24, 2.45) is 0 Å². The minimum absolute atomic E-state index is 0.0336. The van der Waals surface area contributed by atoms with Crippen LogP contribution in [0.15, 0.2) is 48.5 Å². The molecule has 1 amide bonds. The fraction of sp³-hybridized carbons (Fsp3) is 0.391. The third-order valence-electron chi connectivity index (χ3n) is 5.25. The molecule has 0 bridgehead atoms. The lowest BCUT2D eigenvalue weighted by Gasteiger charge is -2.23. The third-order valence-corrected chi connectivity index (χ3v) is 6.05. The summed E-state index contributed by atoms with van der Waals surface area (Å²) >= 11 is 2.29. The van der Waals surface area contributed by atoms with E-state index in [1.54, 1.807) is 0 Å². The van der Waals surface area contributed by atoms with Crippen molar-refractivity contribution in [2.75, 3.05) is 25.0 Å². The van der Waals surface area contributed by atoms with Crippen molar-refractivity contribution in [3.63, 3.8) is 0 Å². The molecule has 2 N–H and O–H groups in total. The van der Waals surface area contributed by atoms with Crippen LogP contribution in [0.5, 0.6) is 0 Å². The Morgan fingerprint density at radius 3 is 2.87 bits per heavy atom. The third kappa shape index (κ3) is 5.88. The summed E-state index contributed by atoms with van der Waals surface area (Å²) in [6.45, 7) is 2.39. The van der Waals surface area contributed by atoms with Crippen molar-refractivity contribution in [2.45, 2.75) is 38.5 Å². The van der Waals surface area contributed by atoms with Crippen molar-refractivity contribution in [1.29, 1.82) is 0 Å². The molecule has 1 aromatic heterocycles. The van der Waals surface area contributed by atoms with E-state index in [1.165, 1.54) is 6.42 Å². The molecule has 1 aliphatic heterocycles. The predicted octanol–water partition coefficient (Wildman–Crippen LogP) is 5.07. The van der Waals surface area contributed by atoms with Gasteiger partial charge in [-0.2, -0.15) is 5.10 Å². The molecular weight excluding hydrogens is 507 g/mol. The Kier molecular flexibility index (Phi) is 7.63. The normalized spacial score (nSPS) is 16.2. The molecule has 0 spiro atoms. The molecule has 1 fully saturated rings. The summed E-state index contributed by atoms with van der Waals surface area (Å²) in [6.07, 6.45) is 3.75. The zero-order valence-corrected chi connectivity index (χ0v) is 19.5. The van der Waals surface area contributed by atoms with Crippen LogP contribution in [0.25, 0.3) is 10.9 Å². The molecule has 1 atom stereocenters. The first-order valence-corrected chi connectivity index (χ1v) is 11.8. The quantitative estimate of drug-likeness (QED) is 0.312. The first-order chi connectivity index (χ1) is 15.2. The maximum Gasteiger partial charge on any atom is 0.407 e. The Balaban J connectivity index is 1.22. The highest BCUT2D eigenvalue weighted by Crippen LogP contribution is 2.30. The van der Waals surface area contributed by atoms with E-state index in [-0.39, 0.29) is 12.8 Å². The van der Waals surface area contributed by atoms with Crippen LogP contribution in [0.3, 0.4) is 0 Å². The molecule has 1 aliphatic rings. The van der Waals surface area contributed by atoms with Gasteiger partial charge in [0.25, 0.3) is 0 Å². The number of amides is 1. The first kappa shape index (κ1) is 21.9. The maximum atomic E-state index is 11.8.